The van der Waals surface area contributed by atoms with Crippen molar-refractivity contribution in [2.45, 2.75) is 0 Å². The lowest BCUT2D eigenvalue weighted by molar-refractivity contribution is 0.100. The van der Waals surface area contributed by atoms with Gasteiger partial charge in [-0.25, -0.2) is 0 Å². The number of halogens is 1. The summed E-state index contributed by atoms with van der Waals surface area (Å²) in [6, 6.07) is 15.7. The Hall–Kier alpha value is -3.05. The van der Waals surface area contributed by atoms with Crippen LogP contribution in [0.15, 0.2) is 59.6 Å². The van der Waals surface area contributed by atoms with Crippen LogP contribution in [0.2, 0.25) is 5.02 Å². The molecule has 0 atom stereocenters. The van der Waals surface area contributed by atoms with Gasteiger partial charge in [-0.05, 0) is 46.7 Å². The number of hydrogen-bond acceptors (Lipinski definition) is 2. The Morgan fingerprint density at radius 3 is 2.50 bits per heavy atom. The molecule has 0 bridgehead atoms. The molecule has 0 aromatic heterocycles. The van der Waals surface area contributed by atoms with Gasteiger partial charge in [0.1, 0.15) is 5.75 Å². The number of carbonyl (C=O) groups excluding carboxylic acids is 1. The second kappa shape index (κ2) is 6.22. The average Bonchev–Trinajstić information content (AvgIpc) is 2.53. The Morgan fingerprint density at radius 2 is 1.79 bits per heavy atom. The van der Waals surface area contributed by atoms with Gasteiger partial charge in [0, 0.05) is 16.1 Å². The molecule has 0 saturated heterocycles. The van der Waals surface area contributed by atoms with E-state index in [4.69, 9.17) is 23.1 Å². The lowest BCUT2D eigenvalue weighted by Gasteiger charge is -2.10. The number of carbonyl (C=O) groups is 1. The maximum atomic E-state index is 12.0. The molecule has 3 rings (SSSR count). The van der Waals surface area contributed by atoms with Crippen LogP contribution in [-0.4, -0.2) is 17.0 Å². The molecule has 5 nitrogen and oxygen atoms in total. The van der Waals surface area contributed by atoms with Gasteiger partial charge in [0.15, 0.2) is 5.96 Å². The van der Waals surface area contributed by atoms with E-state index < -0.39 is 5.91 Å². The molecule has 0 aliphatic rings. The van der Waals surface area contributed by atoms with Crippen molar-refractivity contribution in [1.29, 1.82) is 0 Å². The topological polar surface area (TPSA) is 102 Å². The molecule has 0 aliphatic carbocycles. The highest BCUT2D eigenvalue weighted by Crippen LogP contribution is 2.36. The van der Waals surface area contributed by atoms with Gasteiger partial charge in [-0.1, -0.05) is 35.9 Å². The summed E-state index contributed by atoms with van der Waals surface area (Å²) in [5.41, 5.74) is 12.3. The molecule has 0 radical (unpaired) electrons. The molecule has 0 saturated carbocycles. The van der Waals surface area contributed by atoms with Crippen molar-refractivity contribution in [2.75, 3.05) is 0 Å². The number of phenols is 1. The van der Waals surface area contributed by atoms with Crippen molar-refractivity contribution in [3.63, 3.8) is 0 Å². The molecule has 0 heterocycles. The average molecular weight is 340 g/mol. The first kappa shape index (κ1) is 15.8. The molecular formula is C18H14ClN3O2. The largest absolute Gasteiger partial charge is 0.507 e. The van der Waals surface area contributed by atoms with Crippen LogP contribution in [0.5, 0.6) is 5.75 Å². The van der Waals surface area contributed by atoms with Crippen LogP contribution < -0.4 is 11.5 Å². The summed E-state index contributed by atoms with van der Waals surface area (Å²) >= 11 is 5.89. The smallest absolute Gasteiger partial charge is 0.280 e. The molecule has 0 fully saturated rings. The number of guanidine groups is 1. The number of fused-ring (bicyclic) bond motifs is 1. The molecule has 120 valence electrons. The number of hydrogen-bond donors (Lipinski definition) is 3. The number of aliphatic imine (C=N–C) groups is 1. The molecule has 0 aliphatic heterocycles. The minimum Gasteiger partial charge on any atom is -0.507 e. The highest BCUT2D eigenvalue weighted by Gasteiger charge is 2.11. The zero-order valence-corrected chi connectivity index (χ0v) is 13.3. The zero-order chi connectivity index (χ0) is 17.3. The van der Waals surface area contributed by atoms with Gasteiger partial charge >= 0.3 is 0 Å². The lowest BCUT2D eigenvalue weighted by Crippen LogP contribution is -2.24. The SMILES string of the molecule is NC(N)=NC(=O)c1ccc2cccc(-c3ccc(Cl)cc3O)c2c1. The van der Waals surface area contributed by atoms with Crippen molar-refractivity contribution in [1.82, 2.24) is 0 Å². The van der Waals surface area contributed by atoms with Crippen LogP contribution >= 0.6 is 11.6 Å². The number of phenolic OH excluding ortho intramolecular Hbond substituents is 1. The molecule has 6 heteroatoms. The summed E-state index contributed by atoms with van der Waals surface area (Å²) in [7, 11) is 0. The number of nitrogens with zero attached hydrogens (tertiary/aromatic N) is 1. The van der Waals surface area contributed by atoms with Crippen LogP contribution in [0.1, 0.15) is 10.4 Å². The van der Waals surface area contributed by atoms with Gasteiger partial charge in [-0.15, -0.1) is 0 Å². The molecular weight excluding hydrogens is 326 g/mol. The van der Waals surface area contributed by atoms with Gasteiger partial charge in [0.25, 0.3) is 5.91 Å². The number of benzene rings is 3. The van der Waals surface area contributed by atoms with E-state index >= 15 is 0 Å². The van der Waals surface area contributed by atoms with Gasteiger partial charge < -0.3 is 16.6 Å². The third-order valence-electron chi connectivity index (χ3n) is 3.61. The van der Waals surface area contributed by atoms with E-state index in [0.29, 0.717) is 16.1 Å². The van der Waals surface area contributed by atoms with Gasteiger partial charge in [-0.3, -0.25) is 4.79 Å². The Bertz CT molecular complexity index is 979. The summed E-state index contributed by atoms with van der Waals surface area (Å²) in [5, 5.41) is 12.4. The molecule has 3 aromatic rings. The minimum atomic E-state index is -0.521. The van der Waals surface area contributed by atoms with E-state index in [0.717, 1.165) is 16.3 Å². The number of amides is 1. The van der Waals surface area contributed by atoms with Crippen molar-refractivity contribution in [2.24, 2.45) is 16.5 Å². The Morgan fingerprint density at radius 1 is 1.00 bits per heavy atom. The first-order valence-corrected chi connectivity index (χ1v) is 7.49. The lowest BCUT2D eigenvalue weighted by atomic mass is 9.96. The van der Waals surface area contributed by atoms with Crippen LogP contribution in [0.4, 0.5) is 0 Å². The first-order valence-electron chi connectivity index (χ1n) is 7.11. The minimum absolute atomic E-state index is 0.0657. The molecule has 1 amide bonds. The third-order valence-corrected chi connectivity index (χ3v) is 3.84. The standard InChI is InChI=1S/C18H14ClN3O2/c19-12-6-7-14(16(23)9-12)13-3-1-2-10-4-5-11(8-15(10)13)17(24)22-18(20)21/h1-9,23H,(H4,20,21,22,24). The van der Waals surface area contributed by atoms with Gasteiger partial charge in [0.05, 0.1) is 0 Å². The maximum Gasteiger partial charge on any atom is 0.280 e. The highest BCUT2D eigenvalue weighted by molar-refractivity contribution is 6.30. The molecule has 5 N–H and O–H groups in total. The number of rotatable bonds is 2. The van der Waals surface area contributed by atoms with Crippen LogP contribution in [0.25, 0.3) is 21.9 Å². The summed E-state index contributed by atoms with van der Waals surface area (Å²) < 4.78 is 0. The Labute approximate surface area is 143 Å². The van der Waals surface area contributed by atoms with Crippen molar-refractivity contribution < 1.29 is 9.90 Å². The van der Waals surface area contributed by atoms with E-state index in [2.05, 4.69) is 4.99 Å². The quantitative estimate of drug-likeness (QED) is 0.492. The second-order valence-electron chi connectivity index (χ2n) is 5.24. The fourth-order valence-corrected chi connectivity index (χ4v) is 2.72. The Balaban J connectivity index is 2.22. The molecule has 24 heavy (non-hydrogen) atoms. The summed E-state index contributed by atoms with van der Waals surface area (Å²) in [4.78, 5) is 15.6. The van der Waals surface area contributed by atoms with E-state index in [9.17, 15) is 9.90 Å². The number of nitrogens with two attached hydrogens (primary N) is 2. The van der Waals surface area contributed by atoms with Crippen LogP contribution in [-0.2, 0) is 0 Å². The van der Waals surface area contributed by atoms with Crippen molar-refractivity contribution in [3.8, 4) is 16.9 Å². The van der Waals surface area contributed by atoms with E-state index in [1.165, 1.54) is 6.07 Å². The third kappa shape index (κ3) is 3.02. The molecule has 0 unspecified atom stereocenters. The Kier molecular flexibility index (Phi) is 4.10. The van der Waals surface area contributed by atoms with E-state index in [-0.39, 0.29) is 11.7 Å². The van der Waals surface area contributed by atoms with Crippen LogP contribution in [0.3, 0.4) is 0 Å². The zero-order valence-electron chi connectivity index (χ0n) is 12.5. The van der Waals surface area contributed by atoms with Crippen LogP contribution in [0, 0.1) is 0 Å². The highest BCUT2D eigenvalue weighted by atomic mass is 35.5. The van der Waals surface area contributed by atoms with Crippen molar-refractivity contribution in [3.05, 3.63) is 65.2 Å². The predicted octanol–water partition coefficient (Wildman–Crippen LogP) is 3.28. The fourth-order valence-electron chi connectivity index (χ4n) is 2.55. The first-order chi connectivity index (χ1) is 11.5. The van der Waals surface area contributed by atoms with E-state index in [1.54, 1.807) is 30.3 Å². The second-order valence-corrected chi connectivity index (χ2v) is 5.68. The number of aromatic hydroxyl groups is 1. The van der Waals surface area contributed by atoms with Gasteiger partial charge in [-0.2, -0.15) is 4.99 Å². The molecule has 3 aromatic carbocycles. The molecule has 0 spiro atoms. The summed E-state index contributed by atoms with van der Waals surface area (Å²) in [6.07, 6.45) is 0. The fraction of sp³-hybridized carbons (Fsp3) is 0. The van der Waals surface area contributed by atoms with Crippen molar-refractivity contribution >= 4 is 34.2 Å². The monoisotopic (exact) mass is 339 g/mol. The van der Waals surface area contributed by atoms with Gasteiger partial charge in [0.2, 0.25) is 0 Å². The predicted molar refractivity (Wildman–Crippen MR) is 96.2 cm³/mol. The van der Waals surface area contributed by atoms with E-state index in [1.807, 2.05) is 18.2 Å². The summed E-state index contributed by atoms with van der Waals surface area (Å²) in [5.74, 6) is -0.744. The normalized spacial score (nSPS) is 10.5. The maximum absolute atomic E-state index is 12.0. The summed E-state index contributed by atoms with van der Waals surface area (Å²) in [6.45, 7) is 0.